The highest BCUT2D eigenvalue weighted by Crippen LogP contribution is 2.28. The molecular formula is C28H32N6O3S. The second-order valence-electron chi connectivity index (χ2n) is 9.61. The van der Waals surface area contributed by atoms with E-state index in [-0.39, 0.29) is 24.5 Å². The summed E-state index contributed by atoms with van der Waals surface area (Å²) in [5.41, 5.74) is 3.24. The Morgan fingerprint density at radius 2 is 1.95 bits per heavy atom. The van der Waals surface area contributed by atoms with Crippen LogP contribution in [0.5, 0.6) is 0 Å². The number of carbonyl (C=O) groups is 2. The highest BCUT2D eigenvalue weighted by molar-refractivity contribution is 7.09. The second-order valence-corrected chi connectivity index (χ2v) is 10.6. The van der Waals surface area contributed by atoms with Crippen molar-refractivity contribution in [3.63, 3.8) is 0 Å². The van der Waals surface area contributed by atoms with E-state index in [9.17, 15) is 9.59 Å². The van der Waals surface area contributed by atoms with Gasteiger partial charge >= 0.3 is 0 Å². The van der Waals surface area contributed by atoms with Gasteiger partial charge in [-0.15, -0.1) is 16.4 Å². The Morgan fingerprint density at radius 3 is 2.66 bits per heavy atom. The first-order valence-corrected chi connectivity index (χ1v) is 13.6. The molecule has 4 aromatic rings. The van der Waals surface area contributed by atoms with Crippen molar-refractivity contribution >= 4 is 39.9 Å². The van der Waals surface area contributed by atoms with E-state index in [2.05, 4.69) is 15.6 Å². The maximum absolute atomic E-state index is 14.0. The van der Waals surface area contributed by atoms with Gasteiger partial charge in [-0.2, -0.15) is 0 Å². The normalized spacial score (nSPS) is 15.9. The average Bonchev–Trinajstić information content (AvgIpc) is 3.71. The summed E-state index contributed by atoms with van der Waals surface area (Å²) in [6, 6.07) is 18.4. The summed E-state index contributed by atoms with van der Waals surface area (Å²) >= 11 is 1.56. The zero-order chi connectivity index (χ0) is 26.5. The molecule has 1 aliphatic heterocycles. The predicted molar refractivity (Wildman–Crippen MR) is 148 cm³/mol. The van der Waals surface area contributed by atoms with Crippen LogP contribution in [0.25, 0.3) is 11.0 Å². The number of rotatable bonds is 10. The molecule has 1 N–H and O–H groups in total. The number of nitrogens with zero attached hydrogens (tertiary/aromatic N) is 5. The number of amides is 2. The summed E-state index contributed by atoms with van der Waals surface area (Å²) in [5, 5.41) is 13.4. The maximum atomic E-state index is 14.0. The lowest BCUT2D eigenvalue weighted by atomic mass is 10.0. The van der Waals surface area contributed by atoms with E-state index in [1.807, 2.05) is 85.0 Å². The quantitative estimate of drug-likeness (QED) is 0.335. The molecule has 10 heteroatoms. The third kappa shape index (κ3) is 5.87. The molecule has 2 amide bonds. The first-order valence-electron chi connectivity index (χ1n) is 12.8. The fourth-order valence-corrected chi connectivity index (χ4v) is 5.39. The molecule has 198 valence electrons. The molecular weight excluding hydrogens is 500 g/mol. The van der Waals surface area contributed by atoms with Crippen LogP contribution in [0.15, 0.2) is 66.0 Å². The van der Waals surface area contributed by atoms with Gasteiger partial charge in [-0.05, 0) is 54.1 Å². The van der Waals surface area contributed by atoms with E-state index in [4.69, 9.17) is 4.74 Å². The van der Waals surface area contributed by atoms with Crippen molar-refractivity contribution in [3.05, 3.63) is 76.5 Å². The highest BCUT2D eigenvalue weighted by Gasteiger charge is 2.33. The van der Waals surface area contributed by atoms with Crippen molar-refractivity contribution in [2.45, 2.75) is 38.1 Å². The predicted octanol–water partition coefficient (Wildman–Crippen LogP) is 3.62. The molecule has 1 fully saturated rings. The van der Waals surface area contributed by atoms with Gasteiger partial charge < -0.3 is 19.9 Å². The molecule has 2 aromatic heterocycles. The highest BCUT2D eigenvalue weighted by atomic mass is 32.1. The number of ether oxygens (including phenoxy) is 1. The molecule has 2 aromatic carbocycles. The largest absolute Gasteiger partial charge is 0.378 e. The Kier molecular flexibility index (Phi) is 8.00. The van der Waals surface area contributed by atoms with Crippen LogP contribution < -0.4 is 10.2 Å². The van der Waals surface area contributed by atoms with E-state index in [0.717, 1.165) is 40.0 Å². The van der Waals surface area contributed by atoms with Gasteiger partial charge in [0, 0.05) is 37.8 Å². The Hall–Kier alpha value is -3.76. The third-order valence-corrected chi connectivity index (χ3v) is 7.61. The molecule has 5 rings (SSSR count). The van der Waals surface area contributed by atoms with Gasteiger partial charge in [0.05, 0.1) is 18.2 Å². The molecule has 1 saturated heterocycles. The molecule has 0 bridgehead atoms. The van der Waals surface area contributed by atoms with Crippen LogP contribution in [0.4, 0.5) is 5.69 Å². The van der Waals surface area contributed by atoms with E-state index in [1.54, 1.807) is 20.9 Å². The Labute approximate surface area is 226 Å². The number of fused-ring (bicyclic) bond motifs is 1. The molecule has 0 saturated carbocycles. The molecule has 3 heterocycles. The molecule has 0 spiro atoms. The molecule has 1 aliphatic rings. The molecule has 0 radical (unpaired) electrons. The summed E-state index contributed by atoms with van der Waals surface area (Å²) in [7, 11) is 3.94. The summed E-state index contributed by atoms with van der Waals surface area (Å²) in [6.07, 6.45) is 1.91. The minimum Gasteiger partial charge on any atom is -0.378 e. The lowest BCUT2D eigenvalue weighted by Gasteiger charge is -2.31. The van der Waals surface area contributed by atoms with Gasteiger partial charge in [0.2, 0.25) is 11.8 Å². The SMILES string of the molecule is CN(C)c1ccc([C@H](C(=O)NC[C@H]2CCCO2)N(Cc2cccs2)C(=O)Cn2nnc3ccccc32)cc1. The van der Waals surface area contributed by atoms with Crippen LogP contribution in [0.2, 0.25) is 0 Å². The third-order valence-electron chi connectivity index (χ3n) is 6.75. The number of hydrogen-bond acceptors (Lipinski definition) is 7. The minimum atomic E-state index is -0.822. The van der Waals surface area contributed by atoms with E-state index in [1.165, 1.54) is 0 Å². The summed E-state index contributed by atoms with van der Waals surface area (Å²) in [4.78, 5) is 32.4. The summed E-state index contributed by atoms with van der Waals surface area (Å²) in [6.45, 7) is 1.40. The first-order chi connectivity index (χ1) is 18.5. The maximum Gasteiger partial charge on any atom is 0.247 e. The number of hydrogen-bond donors (Lipinski definition) is 1. The lowest BCUT2D eigenvalue weighted by molar-refractivity contribution is -0.142. The Morgan fingerprint density at radius 1 is 1.13 bits per heavy atom. The van der Waals surface area contributed by atoms with Gasteiger partial charge in [-0.1, -0.05) is 35.5 Å². The van der Waals surface area contributed by atoms with Crippen LogP contribution in [0.3, 0.4) is 0 Å². The van der Waals surface area contributed by atoms with Crippen molar-refractivity contribution in [1.29, 1.82) is 0 Å². The summed E-state index contributed by atoms with van der Waals surface area (Å²) in [5.74, 6) is -0.450. The van der Waals surface area contributed by atoms with Crippen molar-refractivity contribution in [3.8, 4) is 0 Å². The average molecular weight is 533 g/mol. The molecule has 0 unspecified atom stereocenters. The van der Waals surface area contributed by atoms with E-state index in [0.29, 0.717) is 19.7 Å². The number of para-hydroxylation sites is 1. The van der Waals surface area contributed by atoms with Gasteiger partial charge in [-0.25, -0.2) is 4.68 Å². The van der Waals surface area contributed by atoms with E-state index < -0.39 is 6.04 Å². The van der Waals surface area contributed by atoms with Crippen LogP contribution in [0, 0.1) is 0 Å². The number of nitrogens with one attached hydrogen (secondary N) is 1. The lowest BCUT2D eigenvalue weighted by Crippen LogP contribution is -2.46. The van der Waals surface area contributed by atoms with Crippen LogP contribution in [-0.4, -0.2) is 65.1 Å². The van der Waals surface area contributed by atoms with Gasteiger partial charge in [0.25, 0.3) is 0 Å². The number of aromatic nitrogens is 3. The summed E-state index contributed by atoms with van der Waals surface area (Å²) < 4.78 is 7.31. The monoisotopic (exact) mass is 532 g/mol. The van der Waals surface area contributed by atoms with Gasteiger partial charge in [-0.3, -0.25) is 9.59 Å². The Bertz CT molecular complexity index is 1360. The van der Waals surface area contributed by atoms with Crippen molar-refractivity contribution in [2.24, 2.45) is 0 Å². The second kappa shape index (κ2) is 11.7. The van der Waals surface area contributed by atoms with Crippen molar-refractivity contribution in [2.75, 3.05) is 32.1 Å². The van der Waals surface area contributed by atoms with Crippen LogP contribution >= 0.6 is 11.3 Å². The first kappa shape index (κ1) is 25.9. The molecule has 0 aliphatic carbocycles. The fourth-order valence-electron chi connectivity index (χ4n) is 4.69. The fraction of sp³-hybridized carbons (Fsp3) is 0.357. The zero-order valence-corrected chi connectivity index (χ0v) is 22.4. The van der Waals surface area contributed by atoms with E-state index >= 15 is 0 Å². The van der Waals surface area contributed by atoms with Crippen LogP contribution in [0.1, 0.15) is 29.3 Å². The number of carbonyl (C=O) groups excluding carboxylic acids is 2. The molecule has 9 nitrogen and oxygen atoms in total. The number of anilines is 1. The Balaban J connectivity index is 1.48. The standard InChI is InChI=1S/C28H32N6O3S/c1-32(2)21-13-11-20(12-14-21)27(28(36)29-17-22-7-5-15-37-22)33(18-23-8-6-16-38-23)26(35)19-34-25-10-4-3-9-24(25)30-31-34/h3-4,6,8-14,16,22,27H,5,7,15,17-19H2,1-2H3,(H,29,36)/t22-,27-/m1/s1. The number of benzene rings is 2. The van der Waals surface area contributed by atoms with Gasteiger partial charge in [0.15, 0.2) is 0 Å². The smallest absolute Gasteiger partial charge is 0.247 e. The van der Waals surface area contributed by atoms with Crippen molar-refractivity contribution in [1.82, 2.24) is 25.2 Å². The zero-order valence-electron chi connectivity index (χ0n) is 21.6. The minimum absolute atomic E-state index is 0.00122. The molecule has 2 atom stereocenters. The van der Waals surface area contributed by atoms with Gasteiger partial charge in [0.1, 0.15) is 18.1 Å². The van der Waals surface area contributed by atoms with Crippen molar-refractivity contribution < 1.29 is 14.3 Å². The topological polar surface area (TPSA) is 92.6 Å². The number of thiophene rings is 1. The van der Waals surface area contributed by atoms with Crippen LogP contribution in [-0.2, 0) is 27.4 Å². The molecule has 38 heavy (non-hydrogen) atoms.